The van der Waals surface area contributed by atoms with E-state index in [0.717, 1.165) is 6.42 Å². The third-order valence-corrected chi connectivity index (χ3v) is 3.13. The molecule has 0 aromatic heterocycles. The Kier molecular flexibility index (Phi) is 2.57. The van der Waals surface area contributed by atoms with Crippen LogP contribution in [0.1, 0.15) is 13.3 Å². The molecule has 0 radical (unpaired) electrons. The molecule has 0 spiro atoms. The second kappa shape index (κ2) is 3.28. The van der Waals surface area contributed by atoms with Crippen LogP contribution in [0.3, 0.4) is 0 Å². The molecule has 0 aromatic rings. The van der Waals surface area contributed by atoms with Gasteiger partial charge < -0.3 is 10.8 Å². The van der Waals surface area contributed by atoms with Crippen LogP contribution in [0.2, 0.25) is 0 Å². The summed E-state index contributed by atoms with van der Waals surface area (Å²) in [6.45, 7) is 1.90. The zero-order chi connectivity index (χ0) is 8.43. The number of hydrogen-bond acceptors (Lipinski definition) is 3. The normalized spacial score (nSPS) is 26.4. The summed E-state index contributed by atoms with van der Waals surface area (Å²) in [7, 11) is 0. The van der Waals surface area contributed by atoms with Crippen LogP contribution in [-0.2, 0) is 4.79 Å². The molecule has 0 aromatic carbocycles. The van der Waals surface area contributed by atoms with Gasteiger partial charge in [0, 0.05) is 11.3 Å². The Hall–Kier alpha value is -0.480. The van der Waals surface area contributed by atoms with Crippen LogP contribution in [-0.4, -0.2) is 22.4 Å². The van der Waals surface area contributed by atoms with Gasteiger partial charge in [-0.05, 0) is 13.3 Å². The molecular formula is C7H11NO2S. The van der Waals surface area contributed by atoms with E-state index >= 15 is 0 Å². The van der Waals surface area contributed by atoms with Gasteiger partial charge in [0.1, 0.15) is 0 Å². The summed E-state index contributed by atoms with van der Waals surface area (Å²) >= 11 is 1.36. The summed E-state index contributed by atoms with van der Waals surface area (Å²) in [6, 6.07) is 0.0631. The van der Waals surface area contributed by atoms with Gasteiger partial charge in [-0.25, -0.2) is 4.79 Å². The van der Waals surface area contributed by atoms with Gasteiger partial charge in [-0.15, -0.1) is 11.8 Å². The molecule has 0 aliphatic carbocycles. The summed E-state index contributed by atoms with van der Waals surface area (Å²) in [5.74, 6) is -0.835. The number of carboxylic acid groups (broad SMARTS) is 1. The molecule has 0 saturated heterocycles. The largest absolute Gasteiger partial charge is 0.477 e. The molecule has 1 heterocycles. The second-order valence-electron chi connectivity index (χ2n) is 2.62. The summed E-state index contributed by atoms with van der Waals surface area (Å²) < 4.78 is 0. The van der Waals surface area contributed by atoms with Crippen molar-refractivity contribution in [2.75, 3.05) is 0 Å². The van der Waals surface area contributed by atoms with Crippen LogP contribution in [0.25, 0.3) is 0 Å². The summed E-state index contributed by atoms with van der Waals surface area (Å²) in [4.78, 5) is 10.9. The number of carbonyl (C=O) groups is 1. The lowest BCUT2D eigenvalue weighted by Gasteiger charge is -2.12. The first kappa shape index (κ1) is 8.62. The van der Waals surface area contributed by atoms with Gasteiger partial charge >= 0.3 is 5.97 Å². The van der Waals surface area contributed by atoms with Crippen LogP contribution in [0.4, 0.5) is 0 Å². The van der Waals surface area contributed by atoms with E-state index in [1.807, 2.05) is 6.92 Å². The monoisotopic (exact) mass is 173 g/mol. The molecule has 4 heteroatoms. The minimum Gasteiger partial charge on any atom is -0.477 e. The molecule has 1 unspecified atom stereocenters. The van der Waals surface area contributed by atoms with E-state index in [0.29, 0.717) is 4.91 Å². The highest BCUT2D eigenvalue weighted by molar-refractivity contribution is 8.04. The Morgan fingerprint density at radius 2 is 2.64 bits per heavy atom. The van der Waals surface area contributed by atoms with Crippen molar-refractivity contribution in [1.82, 2.24) is 0 Å². The molecule has 0 fully saturated rings. The number of thioether (sulfide) groups is 1. The Morgan fingerprint density at radius 1 is 2.00 bits per heavy atom. The molecule has 3 N–H and O–H groups in total. The Labute approximate surface area is 69.7 Å². The first-order valence-corrected chi connectivity index (χ1v) is 4.35. The van der Waals surface area contributed by atoms with Gasteiger partial charge in [0.2, 0.25) is 0 Å². The van der Waals surface area contributed by atoms with E-state index in [9.17, 15) is 4.79 Å². The molecule has 0 amide bonds. The molecule has 0 saturated carbocycles. The maximum absolute atomic E-state index is 10.4. The van der Waals surface area contributed by atoms with Crippen molar-refractivity contribution in [3.63, 3.8) is 0 Å². The first-order valence-electron chi connectivity index (χ1n) is 3.47. The average molecular weight is 173 g/mol. The molecule has 0 bridgehead atoms. The minimum absolute atomic E-state index is 0.0631. The highest BCUT2D eigenvalue weighted by Gasteiger charge is 2.24. The highest BCUT2D eigenvalue weighted by Crippen LogP contribution is 2.33. The van der Waals surface area contributed by atoms with Crippen molar-refractivity contribution >= 4 is 17.7 Å². The summed E-state index contributed by atoms with van der Waals surface area (Å²) in [5, 5.41) is 8.83. The maximum Gasteiger partial charge on any atom is 0.341 e. The van der Waals surface area contributed by atoms with Crippen molar-refractivity contribution < 1.29 is 9.90 Å². The predicted molar refractivity (Wildman–Crippen MR) is 45.4 cm³/mol. The average Bonchev–Trinajstić information content (AvgIpc) is 2.33. The Morgan fingerprint density at radius 3 is 2.91 bits per heavy atom. The lowest BCUT2D eigenvalue weighted by atomic mass is 10.2. The van der Waals surface area contributed by atoms with Gasteiger partial charge in [0.15, 0.2) is 0 Å². The van der Waals surface area contributed by atoms with E-state index in [1.54, 1.807) is 6.08 Å². The van der Waals surface area contributed by atoms with Crippen LogP contribution >= 0.6 is 11.8 Å². The third-order valence-electron chi connectivity index (χ3n) is 1.61. The molecule has 11 heavy (non-hydrogen) atoms. The number of carboxylic acids is 1. The van der Waals surface area contributed by atoms with E-state index < -0.39 is 5.97 Å². The zero-order valence-electron chi connectivity index (χ0n) is 6.28. The van der Waals surface area contributed by atoms with Crippen molar-refractivity contribution in [1.29, 1.82) is 0 Å². The standard InChI is InChI=1S/C7H11NO2S/c1-4(8)5-2-3-6(11-5)7(9)10/h3-5H,2,8H2,1H3,(H,9,10)/t4-,5?/m1/s1. The van der Waals surface area contributed by atoms with E-state index in [1.165, 1.54) is 11.8 Å². The van der Waals surface area contributed by atoms with E-state index in [-0.39, 0.29) is 11.3 Å². The van der Waals surface area contributed by atoms with Gasteiger partial charge in [-0.3, -0.25) is 0 Å². The second-order valence-corrected chi connectivity index (χ2v) is 3.91. The number of hydrogen-bond donors (Lipinski definition) is 2. The fourth-order valence-electron chi connectivity index (χ4n) is 0.942. The van der Waals surface area contributed by atoms with Gasteiger partial charge in [-0.1, -0.05) is 6.08 Å². The lowest BCUT2D eigenvalue weighted by Crippen LogP contribution is -2.27. The number of nitrogens with two attached hydrogens (primary N) is 1. The van der Waals surface area contributed by atoms with Crippen molar-refractivity contribution in [2.45, 2.75) is 24.6 Å². The summed E-state index contributed by atoms with van der Waals surface area (Å²) in [6.07, 6.45) is 2.52. The first-order chi connectivity index (χ1) is 5.11. The van der Waals surface area contributed by atoms with Crippen molar-refractivity contribution in [3.8, 4) is 0 Å². The SMILES string of the molecule is C[C@@H](N)C1CC=C(C(=O)O)S1. The van der Waals surface area contributed by atoms with E-state index in [2.05, 4.69) is 0 Å². The molecule has 1 aliphatic heterocycles. The predicted octanol–water partition coefficient (Wildman–Crippen LogP) is 0.808. The minimum atomic E-state index is -0.835. The van der Waals surface area contributed by atoms with Crippen LogP contribution in [0.15, 0.2) is 11.0 Å². The van der Waals surface area contributed by atoms with Crippen LogP contribution in [0.5, 0.6) is 0 Å². The number of allylic oxidation sites excluding steroid dienone is 1. The summed E-state index contributed by atoms with van der Waals surface area (Å²) in [5.41, 5.74) is 5.61. The quantitative estimate of drug-likeness (QED) is 0.648. The highest BCUT2D eigenvalue weighted by atomic mass is 32.2. The van der Waals surface area contributed by atoms with Crippen LogP contribution < -0.4 is 5.73 Å². The van der Waals surface area contributed by atoms with Crippen molar-refractivity contribution in [2.24, 2.45) is 5.73 Å². The number of rotatable bonds is 2. The Bertz CT molecular complexity index is 201. The smallest absolute Gasteiger partial charge is 0.341 e. The third kappa shape index (κ3) is 1.97. The molecule has 62 valence electrons. The van der Waals surface area contributed by atoms with Gasteiger partial charge in [0.25, 0.3) is 0 Å². The van der Waals surface area contributed by atoms with Gasteiger partial charge in [0.05, 0.1) is 4.91 Å². The van der Waals surface area contributed by atoms with Crippen molar-refractivity contribution in [3.05, 3.63) is 11.0 Å². The maximum atomic E-state index is 10.4. The number of aliphatic carboxylic acids is 1. The van der Waals surface area contributed by atoms with Crippen LogP contribution in [0, 0.1) is 0 Å². The molecular weight excluding hydrogens is 162 g/mol. The van der Waals surface area contributed by atoms with E-state index in [4.69, 9.17) is 10.8 Å². The molecule has 1 rings (SSSR count). The fourth-order valence-corrected chi connectivity index (χ4v) is 1.97. The Balaban J connectivity index is 2.49. The topological polar surface area (TPSA) is 63.3 Å². The molecule has 1 aliphatic rings. The van der Waals surface area contributed by atoms with Gasteiger partial charge in [-0.2, -0.15) is 0 Å². The molecule has 2 atom stereocenters. The lowest BCUT2D eigenvalue weighted by molar-refractivity contribution is -0.131. The molecule has 3 nitrogen and oxygen atoms in total. The zero-order valence-corrected chi connectivity index (χ0v) is 7.10. The fraction of sp³-hybridized carbons (Fsp3) is 0.571.